The highest BCUT2D eigenvalue weighted by Crippen LogP contribution is 2.52. The van der Waals surface area contributed by atoms with Gasteiger partial charge in [0.05, 0.1) is 23.8 Å². The molecule has 2 heterocycles. The molecule has 0 aromatic carbocycles. The summed E-state index contributed by atoms with van der Waals surface area (Å²) in [6.45, 7) is 2.22. The summed E-state index contributed by atoms with van der Waals surface area (Å²) in [6, 6.07) is 3.93. The molecule has 0 bridgehead atoms. The van der Waals surface area contributed by atoms with Crippen molar-refractivity contribution < 1.29 is 4.79 Å². The van der Waals surface area contributed by atoms with Crippen LogP contribution >= 0.6 is 0 Å². The van der Waals surface area contributed by atoms with Crippen LogP contribution in [0.4, 0.5) is 0 Å². The molecule has 0 aliphatic heterocycles. The normalized spacial score (nSPS) is 26.9. The Balaban J connectivity index is 1.83. The van der Waals surface area contributed by atoms with Gasteiger partial charge in [-0.2, -0.15) is 5.10 Å². The van der Waals surface area contributed by atoms with Gasteiger partial charge >= 0.3 is 0 Å². The molecule has 106 valence electrons. The second kappa shape index (κ2) is 4.38. The minimum Gasteiger partial charge on any atom is -0.303 e. The third kappa shape index (κ3) is 1.71. The maximum atomic E-state index is 11.3. The molecule has 0 amide bonds. The van der Waals surface area contributed by atoms with Gasteiger partial charge in [-0.05, 0) is 43.0 Å². The molecule has 2 aliphatic carbocycles. The highest BCUT2D eigenvalue weighted by atomic mass is 16.1. The Morgan fingerprint density at radius 1 is 1.43 bits per heavy atom. The van der Waals surface area contributed by atoms with Gasteiger partial charge in [0.2, 0.25) is 0 Å². The van der Waals surface area contributed by atoms with E-state index in [-0.39, 0.29) is 11.3 Å². The number of fused-ring (bicyclic) bond motifs is 2. The molecule has 1 unspecified atom stereocenters. The molecule has 2 aromatic heterocycles. The third-order valence-corrected chi connectivity index (χ3v) is 5.09. The van der Waals surface area contributed by atoms with Gasteiger partial charge in [0.1, 0.15) is 6.29 Å². The molecule has 0 N–H and O–H groups in total. The van der Waals surface area contributed by atoms with Crippen LogP contribution in [0.15, 0.2) is 36.3 Å². The molecule has 1 fully saturated rings. The van der Waals surface area contributed by atoms with Gasteiger partial charge in [-0.3, -0.25) is 4.98 Å². The number of hydrogen-bond acceptors (Lipinski definition) is 3. The number of carbonyl (C=O) groups excluding carboxylic acids is 1. The quantitative estimate of drug-likeness (QED) is 0.794. The fraction of sp³-hybridized carbons (Fsp3) is 0.353. The van der Waals surface area contributed by atoms with Gasteiger partial charge in [-0.1, -0.05) is 12.5 Å². The first kappa shape index (κ1) is 12.5. The molecule has 2 aromatic rings. The van der Waals surface area contributed by atoms with Crippen molar-refractivity contribution in [2.24, 2.45) is 11.3 Å². The van der Waals surface area contributed by atoms with Crippen LogP contribution in [0, 0.1) is 11.3 Å². The van der Waals surface area contributed by atoms with Crippen molar-refractivity contribution >= 4 is 12.4 Å². The summed E-state index contributed by atoms with van der Waals surface area (Å²) in [7, 11) is 0. The maximum absolute atomic E-state index is 11.3. The molecule has 21 heavy (non-hydrogen) atoms. The minimum atomic E-state index is -0.0163. The van der Waals surface area contributed by atoms with Crippen LogP contribution in [-0.4, -0.2) is 21.1 Å². The van der Waals surface area contributed by atoms with Crippen molar-refractivity contribution in [3.8, 4) is 5.69 Å². The Morgan fingerprint density at radius 3 is 3.10 bits per heavy atom. The van der Waals surface area contributed by atoms with Crippen molar-refractivity contribution in [2.75, 3.05) is 0 Å². The number of hydrogen-bond donors (Lipinski definition) is 0. The van der Waals surface area contributed by atoms with E-state index < -0.39 is 0 Å². The molecule has 2 atom stereocenters. The molecule has 0 spiro atoms. The van der Waals surface area contributed by atoms with Crippen LogP contribution in [0.2, 0.25) is 0 Å². The highest BCUT2D eigenvalue weighted by Gasteiger charge is 2.45. The molecule has 4 nitrogen and oxygen atoms in total. The minimum absolute atomic E-state index is 0.0163. The summed E-state index contributed by atoms with van der Waals surface area (Å²) >= 11 is 0. The lowest BCUT2D eigenvalue weighted by Crippen LogP contribution is -2.29. The monoisotopic (exact) mass is 279 g/mol. The molecular formula is C17H17N3O. The number of nitrogens with zero attached hydrogens (tertiary/aromatic N) is 3. The van der Waals surface area contributed by atoms with Gasteiger partial charge in [0, 0.05) is 17.5 Å². The zero-order valence-electron chi connectivity index (χ0n) is 12.0. The van der Waals surface area contributed by atoms with Crippen molar-refractivity contribution in [1.29, 1.82) is 0 Å². The first-order chi connectivity index (χ1) is 10.2. The summed E-state index contributed by atoms with van der Waals surface area (Å²) in [6.07, 6.45) is 11.8. The summed E-state index contributed by atoms with van der Waals surface area (Å²) in [5, 5.41) is 4.52. The maximum Gasteiger partial charge on any atom is 0.123 e. The Kier molecular flexibility index (Phi) is 2.61. The fourth-order valence-corrected chi connectivity index (χ4v) is 3.78. The number of rotatable bonds is 2. The van der Waals surface area contributed by atoms with Crippen molar-refractivity contribution in [3.05, 3.63) is 47.6 Å². The summed E-state index contributed by atoms with van der Waals surface area (Å²) in [5.74, 6) is 0.138. The molecule has 4 rings (SSSR count). The average molecular weight is 279 g/mol. The van der Waals surface area contributed by atoms with Gasteiger partial charge in [-0.25, -0.2) is 4.68 Å². The van der Waals surface area contributed by atoms with Gasteiger partial charge in [0.25, 0.3) is 0 Å². The van der Waals surface area contributed by atoms with Crippen molar-refractivity contribution in [2.45, 2.75) is 26.2 Å². The number of aldehydes is 1. The Morgan fingerprint density at radius 2 is 2.33 bits per heavy atom. The van der Waals surface area contributed by atoms with Crippen LogP contribution in [0.25, 0.3) is 11.8 Å². The third-order valence-electron chi connectivity index (χ3n) is 5.09. The van der Waals surface area contributed by atoms with E-state index in [4.69, 9.17) is 0 Å². The SMILES string of the molecule is C[C@]12Cc3cnn(-c4cccnc4)c3C=C1CCC2C=O. The lowest BCUT2D eigenvalue weighted by Gasteiger charge is -2.33. The Bertz CT molecular complexity index is 732. The number of pyridine rings is 1. The van der Waals surface area contributed by atoms with Crippen LogP contribution in [0.5, 0.6) is 0 Å². The second-order valence-corrected chi connectivity index (χ2v) is 6.22. The van der Waals surface area contributed by atoms with E-state index in [1.165, 1.54) is 11.1 Å². The molecule has 2 aliphatic rings. The van der Waals surface area contributed by atoms with Crippen LogP contribution < -0.4 is 0 Å². The summed E-state index contributed by atoms with van der Waals surface area (Å²) in [4.78, 5) is 15.5. The molecule has 1 saturated carbocycles. The molecule has 0 saturated heterocycles. The Hall–Kier alpha value is -2.23. The number of aromatic nitrogens is 3. The topological polar surface area (TPSA) is 47.8 Å². The average Bonchev–Trinajstić information content (AvgIpc) is 3.05. The molecule has 0 radical (unpaired) electrons. The summed E-state index contributed by atoms with van der Waals surface area (Å²) in [5.41, 5.74) is 4.71. The van der Waals surface area contributed by atoms with E-state index in [9.17, 15) is 4.79 Å². The van der Waals surface area contributed by atoms with Crippen LogP contribution in [0.3, 0.4) is 0 Å². The smallest absolute Gasteiger partial charge is 0.123 e. The number of carbonyl (C=O) groups is 1. The predicted molar refractivity (Wildman–Crippen MR) is 79.9 cm³/mol. The van der Waals surface area contributed by atoms with Crippen LogP contribution in [-0.2, 0) is 11.2 Å². The zero-order valence-corrected chi connectivity index (χ0v) is 12.0. The first-order valence-electron chi connectivity index (χ1n) is 7.36. The summed E-state index contributed by atoms with van der Waals surface area (Å²) < 4.78 is 1.95. The standard InChI is InChI=1S/C17H17N3O/c1-17-8-12-9-19-20(15-3-2-6-18-10-15)16(12)7-13(17)4-5-14(17)11-21/h2-3,6-7,9-11,14H,4-5,8H2,1H3/t14?,17-/m0/s1. The van der Waals surface area contributed by atoms with Crippen LogP contribution in [0.1, 0.15) is 31.0 Å². The zero-order chi connectivity index (χ0) is 14.4. The van der Waals surface area contributed by atoms with Crippen molar-refractivity contribution in [3.63, 3.8) is 0 Å². The lowest BCUT2D eigenvalue weighted by atomic mass is 9.70. The molecule has 4 heteroatoms. The van der Waals surface area contributed by atoms with Gasteiger partial charge < -0.3 is 4.79 Å². The number of allylic oxidation sites excluding steroid dienone is 1. The Labute approximate surface area is 123 Å². The first-order valence-corrected chi connectivity index (χ1v) is 7.36. The van der Waals surface area contributed by atoms with Crippen molar-refractivity contribution in [1.82, 2.24) is 14.8 Å². The highest BCUT2D eigenvalue weighted by molar-refractivity contribution is 5.67. The van der Waals surface area contributed by atoms with E-state index in [1.54, 1.807) is 6.20 Å². The second-order valence-electron chi connectivity index (χ2n) is 6.22. The van der Waals surface area contributed by atoms with Gasteiger partial charge in [0.15, 0.2) is 0 Å². The lowest BCUT2D eigenvalue weighted by molar-refractivity contribution is -0.113. The van der Waals surface area contributed by atoms with E-state index in [1.807, 2.05) is 29.2 Å². The fourth-order valence-electron chi connectivity index (χ4n) is 3.78. The van der Waals surface area contributed by atoms with E-state index >= 15 is 0 Å². The largest absolute Gasteiger partial charge is 0.303 e. The van der Waals surface area contributed by atoms with E-state index in [2.05, 4.69) is 23.1 Å². The van der Waals surface area contributed by atoms with E-state index in [0.717, 1.165) is 36.9 Å². The molecular weight excluding hydrogens is 262 g/mol. The van der Waals surface area contributed by atoms with E-state index in [0.29, 0.717) is 0 Å². The predicted octanol–water partition coefficient (Wildman–Crippen LogP) is 2.82. The van der Waals surface area contributed by atoms with Gasteiger partial charge in [-0.15, -0.1) is 0 Å².